The number of hydrogen-bond acceptors (Lipinski definition) is 2. The van der Waals surface area contributed by atoms with E-state index >= 15 is 0 Å². The fourth-order valence-corrected chi connectivity index (χ4v) is 1.74. The molecule has 15 heavy (non-hydrogen) atoms. The van der Waals surface area contributed by atoms with Crippen LogP contribution >= 0.6 is 11.8 Å². The summed E-state index contributed by atoms with van der Waals surface area (Å²) >= 11 is 1.77. The van der Waals surface area contributed by atoms with Crippen LogP contribution < -0.4 is 5.32 Å². The molecule has 0 spiro atoms. The van der Waals surface area contributed by atoms with Crippen molar-refractivity contribution < 1.29 is 4.79 Å². The van der Waals surface area contributed by atoms with Crippen LogP contribution in [0.1, 0.15) is 18.4 Å². The van der Waals surface area contributed by atoms with Gasteiger partial charge in [0.05, 0.1) is 0 Å². The van der Waals surface area contributed by atoms with E-state index in [0.717, 1.165) is 23.4 Å². The second-order valence-electron chi connectivity index (χ2n) is 3.46. The van der Waals surface area contributed by atoms with Gasteiger partial charge in [-0.25, -0.2) is 0 Å². The van der Waals surface area contributed by atoms with E-state index in [1.54, 1.807) is 11.8 Å². The smallest absolute Gasteiger partial charge is 0.224 e. The molecule has 0 atom stereocenters. The standard InChI is InChI=1S/C12H17NOS/c1-10-6-3-4-7-11(10)13-12(14)8-5-9-15-2/h3-4,6-7H,5,8-9H2,1-2H3,(H,13,14). The Morgan fingerprint density at radius 2 is 2.13 bits per heavy atom. The molecule has 3 heteroatoms. The molecule has 0 aliphatic carbocycles. The Bertz CT molecular complexity index is 325. The number of aryl methyl sites for hydroxylation is 1. The third-order valence-electron chi connectivity index (χ3n) is 2.17. The molecule has 1 aromatic rings. The van der Waals surface area contributed by atoms with Gasteiger partial charge in [-0.15, -0.1) is 0 Å². The van der Waals surface area contributed by atoms with Crippen molar-refractivity contribution in [3.8, 4) is 0 Å². The zero-order valence-corrected chi connectivity index (χ0v) is 10.1. The highest BCUT2D eigenvalue weighted by Gasteiger charge is 2.03. The predicted octanol–water partition coefficient (Wildman–Crippen LogP) is 3.08. The lowest BCUT2D eigenvalue weighted by molar-refractivity contribution is -0.116. The SMILES string of the molecule is CSCCCC(=O)Nc1ccccc1C. The van der Waals surface area contributed by atoms with Crippen LogP contribution in [-0.4, -0.2) is 17.9 Å². The molecule has 0 bridgehead atoms. The number of rotatable bonds is 5. The van der Waals surface area contributed by atoms with E-state index in [-0.39, 0.29) is 5.91 Å². The van der Waals surface area contributed by atoms with Crippen LogP contribution in [0, 0.1) is 6.92 Å². The first-order chi connectivity index (χ1) is 7.24. The minimum Gasteiger partial charge on any atom is -0.326 e. The minimum absolute atomic E-state index is 0.110. The van der Waals surface area contributed by atoms with Gasteiger partial charge in [-0.05, 0) is 37.0 Å². The van der Waals surface area contributed by atoms with E-state index in [1.165, 1.54) is 0 Å². The average molecular weight is 223 g/mol. The van der Waals surface area contributed by atoms with Crippen molar-refractivity contribution in [1.82, 2.24) is 0 Å². The monoisotopic (exact) mass is 223 g/mol. The molecule has 0 heterocycles. The molecular formula is C12H17NOS. The lowest BCUT2D eigenvalue weighted by Crippen LogP contribution is -2.12. The van der Waals surface area contributed by atoms with Gasteiger partial charge in [0.2, 0.25) is 5.91 Å². The Morgan fingerprint density at radius 3 is 2.80 bits per heavy atom. The van der Waals surface area contributed by atoms with Gasteiger partial charge in [-0.3, -0.25) is 4.79 Å². The van der Waals surface area contributed by atoms with Crippen LogP contribution in [0.5, 0.6) is 0 Å². The minimum atomic E-state index is 0.110. The number of anilines is 1. The average Bonchev–Trinajstić information content (AvgIpc) is 2.22. The van der Waals surface area contributed by atoms with Crippen LogP contribution in [0.4, 0.5) is 5.69 Å². The first-order valence-corrected chi connectivity index (χ1v) is 6.48. The van der Waals surface area contributed by atoms with Crippen LogP contribution in [0.2, 0.25) is 0 Å². The summed E-state index contributed by atoms with van der Waals surface area (Å²) in [5.41, 5.74) is 2.03. The summed E-state index contributed by atoms with van der Waals surface area (Å²) in [7, 11) is 0. The van der Waals surface area contributed by atoms with E-state index in [1.807, 2.05) is 31.2 Å². The maximum atomic E-state index is 11.5. The van der Waals surface area contributed by atoms with Gasteiger partial charge in [0.25, 0.3) is 0 Å². The van der Waals surface area contributed by atoms with Crippen LogP contribution in [0.3, 0.4) is 0 Å². The maximum Gasteiger partial charge on any atom is 0.224 e. The fourth-order valence-electron chi connectivity index (χ4n) is 1.30. The molecule has 1 aromatic carbocycles. The molecule has 0 fully saturated rings. The van der Waals surface area contributed by atoms with Gasteiger partial charge in [0.15, 0.2) is 0 Å². The number of para-hydroxylation sites is 1. The van der Waals surface area contributed by atoms with Gasteiger partial charge >= 0.3 is 0 Å². The van der Waals surface area contributed by atoms with Crippen LogP contribution in [0.25, 0.3) is 0 Å². The lowest BCUT2D eigenvalue weighted by atomic mass is 10.2. The quantitative estimate of drug-likeness (QED) is 0.777. The highest BCUT2D eigenvalue weighted by atomic mass is 32.2. The Labute approximate surface area is 95.5 Å². The summed E-state index contributed by atoms with van der Waals surface area (Å²) in [5, 5.41) is 2.92. The molecule has 0 aliphatic rings. The number of thioether (sulfide) groups is 1. The molecule has 2 nitrogen and oxygen atoms in total. The third kappa shape index (κ3) is 4.38. The molecule has 0 saturated heterocycles. The van der Waals surface area contributed by atoms with Crippen molar-refractivity contribution in [1.29, 1.82) is 0 Å². The molecular weight excluding hydrogens is 206 g/mol. The van der Waals surface area contributed by atoms with E-state index in [0.29, 0.717) is 6.42 Å². The molecule has 0 radical (unpaired) electrons. The normalized spacial score (nSPS) is 10.0. The summed E-state index contributed by atoms with van der Waals surface area (Å²) < 4.78 is 0. The summed E-state index contributed by atoms with van der Waals surface area (Å²) in [6.45, 7) is 2.00. The first kappa shape index (κ1) is 12.1. The van der Waals surface area contributed by atoms with E-state index in [4.69, 9.17) is 0 Å². The van der Waals surface area contributed by atoms with Crippen molar-refractivity contribution in [2.75, 3.05) is 17.3 Å². The van der Waals surface area contributed by atoms with Gasteiger partial charge in [-0.2, -0.15) is 11.8 Å². The number of amides is 1. The molecule has 1 N–H and O–H groups in total. The van der Waals surface area contributed by atoms with E-state index in [2.05, 4.69) is 11.6 Å². The van der Waals surface area contributed by atoms with Gasteiger partial charge in [0.1, 0.15) is 0 Å². The molecule has 82 valence electrons. The second-order valence-corrected chi connectivity index (χ2v) is 4.45. The van der Waals surface area contributed by atoms with Crippen molar-refractivity contribution in [2.24, 2.45) is 0 Å². The topological polar surface area (TPSA) is 29.1 Å². The van der Waals surface area contributed by atoms with Crippen LogP contribution in [0.15, 0.2) is 24.3 Å². The molecule has 1 amide bonds. The first-order valence-electron chi connectivity index (χ1n) is 5.08. The van der Waals surface area contributed by atoms with E-state index < -0.39 is 0 Å². The molecule has 0 aromatic heterocycles. The highest BCUT2D eigenvalue weighted by molar-refractivity contribution is 7.98. The fraction of sp³-hybridized carbons (Fsp3) is 0.417. The predicted molar refractivity (Wildman–Crippen MR) is 67.4 cm³/mol. The summed E-state index contributed by atoms with van der Waals surface area (Å²) in [5.74, 6) is 1.15. The molecule has 0 saturated carbocycles. The Balaban J connectivity index is 2.41. The highest BCUT2D eigenvalue weighted by Crippen LogP contribution is 2.13. The van der Waals surface area contributed by atoms with Gasteiger partial charge < -0.3 is 5.32 Å². The lowest BCUT2D eigenvalue weighted by Gasteiger charge is -2.07. The third-order valence-corrected chi connectivity index (χ3v) is 2.87. The zero-order chi connectivity index (χ0) is 11.1. The summed E-state index contributed by atoms with van der Waals surface area (Å²) in [4.78, 5) is 11.5. The van der Waals surface area contributed by atoms with Crippen molar-refractivity contribution in [2.45, 2.75) is 19.8 Å². The summed E-state index contributed by atoms with van der Waals surface area (Å²) in [6.07, 6.45) is 3.60. The van der Waals surface area contributed by atoms with Crippen molar-refractivity contribution >= 4 is 23.4 Å². The van der Waals surface area contributed by atoms with Gasteiger partial charge in [-0.1, -0.05) is 18.2 Å². The second kappa shape index (κ2) is 6.51. The van der Waals surface area contributed by atoms with Crippen molar-refractivity contribution in [3.05, 3.63) is 29.8 Å². The van der Waals surface area contributed by atoms with Crippen molar-refractivity contribution in [3.63, 3.8) is 0 Å². The van der Waals surface area contributed by atoms with Crippen LogP contribution in [-0.2, 0) is 4.79 Å². The molecule has 1 rings (SSSR count). The molecule has 0 unspecified atom stereocenters. The maximum absolute atomic E-state index is 11.5. The van der Waals surface area contributed by atoms with E-state index in [9.17, 15) is 4.79 Å². The number of nitrogens with one attached hydrogen (secondary N) is 1. The molecule has 0 aliphatic heterocycles. The summed E-state index contributed by atoms with van der Waals surface area (Å²) in [6, 6.07) is 7.84. The largest absolute Gasteiger partial charge is 0.326 e. The Hall–Kier alpha value is -0.960. The number of carbonyl (C=O) groups is 1. The Morgan fingerprint density at radius 1 is 1.40 bits per heavy atom. The Kier molecular flexibility index (Phi) is 5.26. The number of benzene rings is 1. The van der Waals surface area contributed by atoms with Gasteiger partial charge in [0, 0.05) is 12.1 Å². The number of carbonyl (C=O) groups excluding carboxylic acids is 1. The number of hydrogen-bond donors (Lipinski definition) is 1. The zero-order valence-electron chi connectivity index (χ0n) is 9.25.